The fraction of sp³-hybridized carbons (Fsp3) is 0.556. The zero-order chi connectivity index (χ0) is 17.6. The van der Waals surface area contributed by atoms with Gasteiger partial charge in [-0.25, -0.2) is 9.67 Å². The summed E-state index contributed by atoms with van der Waals surface area (Å²) in [6.45, 7) is 5.63. The topological polar surface area (TPSA) is 63.9 Å². The van der Waals surface area contributed by atoms with Gasteiger partial charge in [-0.15, -0.1) is 0 Å². The molecule has 1 fully saturated rings. The minimum Gasteiger partial charge on any atom is -0.326 e. The van der Waals surface area contributed by atoms with E-state index in [1.165, 1.54) is 19.0 Å². The molecule has 6 nitrogen and oxygen atoms in total. The Morgan fingerprint density at radius 3 is 2.84 bits per heavy atom. The van der Waals surface area contributed by atoms with Crippen molar-refractivity contribution in [1.82, 2.24) is 24.6 Å². The molecule has 7 heteroatoms. The number of carbonyl (C=O) groups excluding carboxylic acids is 1. The first kappa shape index (κ1) is 16.5. The predicted molar refractivity (Wildman–Crippen MR) is 94.5 cm³/mol. The molecule has 3 heterocycles. The molecular weight excluding hydrogens is 338 g/mol. The Bertz CT molecular complexity index is 799. The van der Waals surface area contributed by atoms with Crippen molar-refractivity contribution >= 4 is 17.5 Å². The van der Waals surface area contributed by atoms with E-state index in [-0.39, 0.29) is 11.9 Å². The van der Waals surface area contributed by atoms with Gasteiger partial charge in [0.25, 0.3) is 5.91 Å². The Morgan fingerprint density at radius 2 is 2.16 bits per heavy atom. The lowest BCUT2D eigenvalue weighted by Crippen LogP contribution is -2.43. The van der Waals surface area contributed by atoms with Crippen LogP contribution in [0.1, 0.15) is 67.1 Å². The van der Waals surface area contributed by atoms with E-state index in [1.54, 1.807) is 12.3 Å². The molecule has 1 saturated carbocycles. The number of carbonyl (C=O) groups is 1. The van der Waals surface area contributed by atoms with E-state index in [0.717, 1.165) is 18.1 Å². The Balaban J connectivity index is 1.69. The summed E-state index contributed by atoms with van der Waals surface area (Å²) in [5, 5.41) is 5.08. The summed E-state index contributed by atoms with van der Waals surface area (Å²) in [7, 11) is 0. The van der Waals surface area contributed by atoms with Crippen molar-refractivity contribution in [2.24, 2.45) is 5.92 Å². The number of aromatic nitrogens is 4. The van der Waals surface area contributed by atoms with Gasteiger partial charge in [0.05, 0.1) is 23.2 Å². The maximum absolute atomic E-state index is 13.1. The highest BCUT2D eigenvalue weighted by Crippen LogP contribution is 2.40. The van der Waals surface area contributed by atoms with Gasteiger partial charge in [-0.2, -0.15) is 5.10 Å². The standard InChI is InChI=1S/C18H22ClN5O/c1-11(2)9-15-17-21-16(12-3-4-12)22-24(17)8-7-23(15)18(25)13-5-6-20-10-14(13)19/h5-6,10-12,15H,3-4,7-9H2,1-2H3/t15-/m0/s1. The monoisotopic (exact) mass is 359 g/mol. The quantitative estimate of drug-likeness (QED) is 0.838. The van der Waals surface area contributed by atoms with Crippen LogP contribution in [0.5, 0.6) is 0 Å². The predicted octanol–water partition coefficient (Wildman–Crippen LogP) is 3.45. The maximum Gasteiger partial charge on any atom is 0.256 e. The molecule has 0 spiro atoms. The van der Waals surface area contributed by atoms with Gasteiger partial charge in [0.2, 0.25) is 0 Å². The fourth-order valence-electron chi connectivity index (χ4n) is 3.42. The van der Waals surface area contributed by atoms with Crippen molar-refractivity contribution in [3.05, 3.63) is 40.7 Å². The number of hydrogen-bond donors (Lipinski definition) is 0. The van der Waals surface area contributed by atoms with E-state index in [4.69, 9.17) is 16.6 Å². The van der Waals surface area contributed by atoms with Gasteiger partial charge >= 0.3 is 0 Å². The zero-order valence-electron chi connectivity index (χ0n) is 14.5. The second kappa shape index (κ2) is 6.41. The van der Waals surface area contributed by atoms with Crippen molar-refractivity contribution < 1.29 is 4.79 Å². The van der Waals surface area contributed by atoms with Crippen molar-refractivity contribution in [3.8, 4) is 0 Å². The summed E-state index contributed by atoms with van der Waals surface area (Å²) < 4.78 is 2.00. The molecule has 1 amide bonds. The second-order valence-corrected chi connectivity index (χ2v) is 7.73. The zero-order valence-corrected chi connectivity index (χ0v) is 15.3. The normalized spacial score (nSPS) is 20.0. The molecule has 0 aromatic carbocycles. The average Bonchev–Trinajstić information content (AvgIpc) is 3.34. The summed E-state index contributed by atoms with van der Waals surface area (Å²) in [6, 6.07) is 1.62. The molecule has 2 aromatic heterocycles. The highest BCUT2D eigenvalue weighted by atomic mass is 35.5. The molecular formula is C18H22ClN5O. The molecule has 0 radical (unpaired) electrons. The van der Waals surface area contributed by atoms with Crippen molar-refractivity contribution in [1.29, 1.82) is 0 Å². The summed E-state index contributed by atoms with van der Waals surface area (Å²) >= 11 is 6.20. The molecule has 1 atom stereocenters. The molecule has 4 rings (SSSR count). The number of rotatable bonds is 4. The van der Waals surface area contributed by atoms with Gasteiger partial charge < -0.3 is 4.90 Å². The van der Waals surface area contributed by atoms with Crippen LogP contribution in [0.3, 0.4) is 0 Å². The SMILES string of the molecule is CC(C)C[C@H]1c2nc(C3CC3)nn2CCN1C(=O)c1ccncc1Cl. The molecule has 1 aliphatic heterocycles. The minimum atomic E-state index is -0.0644. The average molecular weight is 360 g/mol. The van der Waals surface area contributed by atoms with E-state index < -0.39 is 0 Å². The third-order valence-electron chi connectivity index (χ3n) is 4.84. The number of amides is 1. The summed E-state index contributed by atoms with van der Waals surface area (Å²) in [5.41, 5.74) is 0.501. The lowest BCUT2D eigenvalue weighted by molar-refractivity contribution is 0.0578. The molecule has 0 bridgehead atoms. The maximum atomic E-state index is 13.1. The first-order valence-corrected chi connectivity index (χ1v) is 9.27. The smallest absolute Gasteiger partial charge is 0.256 e. The summed E-state index contributed by atoms with van der Waals surface area (Å²) in [4.78, 5) is 23.8. The molecule has 25 heavy (non-hydrogen) atoms. The van der Waals surface area contributed by atoms with Crippen LogP contribution in [0.4, 0.5) is 0 Å². The van der Waals surface area contributed by atoms with Crippen molar-refractivity contribution in [2.75, 3.05) is 6.54 Å². The minimum absolute atomic E-state index is 0.0553. The second-order valence-electron chi connectivity index (χ2n) is 7.33. The Morgan fingerprint density at radius 1 is 1.36 bits per heavy atom. The van der Waals surface area contributed by atoms with Gasteiger partial charge in [0, 0.05) is 24.9 Å². The first-order valence-electron chi connectivity index (χ1n) is 8.89. The van der Waals surface area contributed by atoms with E-state index in [2.05, 4.69) is 23.9 Å². The van der Waals surface area contributed by atoms with Gasteiger partial charge in [0.1, 0.15) is 5.82 Å². The van der Waals surface area contributed by atoms with Crippen LogP contribution in [0, 0.1) is 5.92 Å². The van der Waals surface area contributed by atoms with E-state index in [1.807, 2.05) is 9.58 Å². The van der Waals surface area contributed by atoms with Crippen LogP contribution in [0.15, 0.2) is 18.5 Å². The fourth-order valence-corrected chi connectivity index (χ4v) is 3.62. The van der Waals surface area contributed by atoms with E-state index >= 15 is 0 Å². The summed E-state index contributed by atoms with van der Waals surface area (Å²) in [6.07, 6.45) is 6.33. The number of nitrogens with zero attached hydrogens (tertiary/aromatic N) is 5. The van der Waals surface area contributed by atoms with Gasteiger partial charge in [-0.05, 0) is 31.2 Å². The Labute approximate surface area is 152 Å². The summed E-state index contributed by atoms with van der Waals surface area (Å²) in [5.74, 6) is 2.76. The molecule has 0 unspecified atom stereocenters. The lowest BCUT2D eigenvalue weighted by Gasteiger charge is -2.36. The molecule has 0 N–H and O–H groups in total. The van der Waals surface area contributed by atoms with E-state index in [0.29, 0.717) is 35.5 Å². The third kappa shape index (κ3) is 3.15. The molecule has 2 aliphatic rings. The van der Waals surface area contributed by atoms with Gasteiger partial charge in [-0.3, -0.25) is 9.78 Å². The number of fused-ring (bicyclic) bond motifs is 1. The van der Waals surface area contributed by atoms with Crippen LogP contribution in [0.25, 0.3) is 0 Å². The van der Waals surface area contributed by atoms with Gasteiger partial charge in [0.15, 0.2) is 5.82 Å². The molecule has 1 aliphatic carbocycles. The molecule has 2 aromatic rings. The molecule has 132 valence electrons. The third-order valence-corrected chi connectivity index (χ3v) is 5.15. The van der Waals surface area contributed by atoms with Crippen LogP contribution < -0.4 is 0 Å². The highest BCUT2D eigenvalue weighted by molar-refractivity contribution is 6.33. The van der Waals surface area contributed by atoms with Crippen molar-refractivity contribution in [2.45, 2.75) is 51.6 Å². The van der Waals surface area contributed by atoms with Crippen LogP contribution in [-0.4, -0.2) is 37.1 Å². The Hall–Kier alpha value is -1.95. The van der Waals surface area contributed by atoms with Crippen LogP contribution in [-0.2, 0) is 6.54 Å². The largest absolute Gasteiger partial charge is 0.326 e. The van der Waals surface area contributed by atoms with Crippen molar-refractivity contribution in [3.63, 3.8) is 0 Å². The lowest BCUT2D eigenvalue weighted by atomic mass is 9.99. The first-order chi connectivity index (χ1) is 12.0. The number of pyridine rings is 1. The highest BCUT2D eigenvalue weighted by Gasteiger charge is 2.37. The van der Waals surface area contributed by atoms with E-state index in [9.17, 15) is 4.79 Å². The number of halogens is 1. The van der Waals surface area contributed by atoms with Crippen LogP contribution in [0.2, 0.25) is 5.02 Å². The van der Waals surface area contributed by atoms with Crippen LogP contribution >= 0.6 is 11.6 Å². The number of hydrogen-bond acceptors (Lipinski definition) is 4. The van der Waals surface area contributed by atoms with Gasteiger partial charge in [-0.1, -0.05) is 25.4 Å². The molecule has 0 saturated heterocycles. The Kier molecular flexibility index (Phi) is 4.23.